The van der Waals surface area contributed by atoms with Gasteiger partial charge < -0.3 is 14.2 Å². The molecule has 0 aliphatic rings. The number of ether oxygens (including phenoxy) is 3. The van der Waals surface area contributed by atoms with E-state index in [-0.39, 0.29) is 24.6 Å². The van der Waals surface area contributed by atoms with Crippen LogP contribution in [0, 0.1) is 0 Å². The second-order valence-electron chi connectivity index (χ2n) is 6.27. The Labute approximate surface area is 155 Å². The van der Waals surface area contributed by atoms with E-state index in [1.165, 1.54) is 12.1 Å². The van der Waals surface area contributed by atoms with Gasteiger partial charge in [0.25, 0.3) is 0 Å². The van der Waals surface area contributed by atoms with Crippen LogP contribution in [0.2, 0.25) is 0 Å². The Bertz CT molecular complexity index is 737. The summed E-state index contributed by atoms with van der Waals surface area (Å²) in [4.78, 5) is 11.6. The van der Waals surface area contributed by atoms with E-state index in [1.54, 1.807) is 45.0 Å². The van der Waals surface area contributed by atoms with Crippen molar-refractivity contribution in [1.29, 1.82) is 0 Å². The van der Waals surface area contributed by atoms with E-state index in [0.29, 0.717) is 17.2 Å². The zero-order chi connectivity index (χ0) is 20.0. The molecule has 27 heavy (non-hydrogen) atoms. The lowest BCUT2D eigenvalue weighted by Crippen LogP contribution is -2.21. The van der Waals surface area contributed by atoms with Gasteiger partial charge in [0.2, 0.25) is 0 Å². The summed E-state index contributed by atoms with van der Waals surface area (Å²) in [5.41, 5.74) is -0.733. The summed E-state index contributed by atoms with van der Waals surface area (Å²) in [6.07, 6.45) is -4.79. The van der Waals surface area contributed by atoms with Gasteiger partial charge in [-0.2, -0.15) is 13.2 Å². The third-order valence-corrected chi connectivity index (χ3v) is 3.40. The predicted molar refractivity (Wildman–Crippen MR) is 93.9 cm³/mol. The summed E-state index contributed by atoms with van der Waals surface area (Å²) >= 11 is 0. The molecule has 0 aliphatic heterocycles. The molecule has 0 aromatic heterocycles. The van der Waals surface area contributed by atoms with E-state index in [1.807, 2.05) is 0 Å². The third kappa shape index (κ3) is 6.84. The van der Waals surface area contributed by atoms with E-state index < -0.39 is 11.7 Å². The average Bonchev–Trinajstić information content (AvgIpc) is 2.55. The first-order chi connectivity index (χ1) is 12.6. The van der Waals surface area contributed by atoms with Crippen molar-refractivity contribution in [1.82, 2.24) is 0 Å². The van der Waals surface area contributed by atoms with E-state index in [9.17, 15) is 18.0 Å². The van der Waals surface area contributed by atoms with Crippen LogP contribution in [0.25, 0.3) is 0 Å². The van der Waals surface area contributed by atoms with Gasteiger partial charge in [-0.25, -0.2) is 0 Å². The minimum absolute atomic E-state index is 0.127. The van der Waals surface area contributed by atoms with Crippen LogP contribution in [0.5, 0.6) is 17.2 Å². The third-order valence-electron chi connectivity index (χ3n) is 3.40. The van der Waals surface area contributed by atoms with E-state index >= 15 is 0 Å². The molecule has 0 heterocycles. The quantitative estimate of drug-likeness (QED) is 0.584. The summed E-state index contributed by atoms with van der Waals surface area (Å²) < 4.78 is 53.9. The molecule has 2 rings (SSSR count). The van der Waals surface area contributed by atoms with E-state index in [4.69, 9.17) is 14.2 Å². The molecule has 4 nitrogen and oxygen atoms in total. The van der Waals surface area contributed by atoms with Crippen LogP contribution in [-0.2, 0) is 15.7 Å². The maximum atomic E-state index is 12.6. The zero-order valence-corrected chi connectivity index (χ0v) is 15.2. The average molecular weight is 382 g/mol. The van der Waals surface area contributed by atoms with Crippen molar-refractivity contribution in [2.75, 3.05) is 0 Å². The zero-order valence-electron chi connectivity index (χ0n) is 15.2. The number of benzene rings is 2. The fraction of sp³-hybridized carbons (Fsp3) is 0.350. The number of hydrogen-bond donors (Lipinski definition) is 0. The SMILES string of the molecule is CC(C)OC(=O)CC(C)Oc1ccc(Oc2ccc(C(F)(F)F)cc2)cc1. The normalized spacial score (nSPS) is 12.6. The minimum atomic E-state index is -4.38. The number of hydrogen-bond acceptors (Lipinski definition) is 4. The Kier molecular flexibility index (Phi) is 6.71. The Balaban J connectivity index is 1.90. The number of esters is 1. The second kappa shape index (κ2) is 8.79. The maximum absolute atomic E-state index is 12.6. The Morgan fingerprint density at radius 3 is 1.85 bits per heavy atom. The van der Waals surface area contributed by atoms with Crippen LogP contribution < -0.4 is 9.47 Å². The molecule has 146 valence electrons. The van der Waals surface area contributed by atoms with Gasteiger partial charge in [0, 0.05) is 0 Å². The van der Waals surface area contributed by atoms with Gasteiger partial charge in [0.15, 0.2) is 0 Å². The molecule has 0 N–H and O–H groups in total. The van der Waals surface area contributed by atoms with Crippen molar-refractivity contribution in [3.63, 3.8) is 0 Å². The molecule has 1 unspecified atom stereocenters. The van der Waals surface area contributed by atoms with Gasteiger partial charge in [-0.3, -0.25) is 4.79 Å². The molecular weight excluding hydrogens is 361 g/mol. The standard InChI is InChI=1S/C20H21F3O4/c1-13(2)25-19(24)12-14(3)26-16-8-10-18(11-9-16)27-17-6-4-15(5-7-17)20(21,22)23/h4-11,13-14H,12H2,1-3H3. The van der Waals surface area contributed by atoms with Gasteiger partial charge in [-0.05, 0) is 69.3 Å². The van der Waals surface area contributed by atoms with Gasteiger partial charge >= 0.3 is 12.1 Å². The molecule has 2 aromatic rings. The molecule has 0 saturated carbocycles. The van der Waals surface area contributed by atoms with Gasteiger partial charge in [0.1, 0.15) is 23.4 Å². The van der Waals surface area contributed by atoms with Crippen LogP contribution in [0.3, 0.4) is 0 Å². The second-order valence-corrected chi connectivity index (χ2v) is 6.27. The topological polar surface area (TPSA) is 44.8 Å². The van der Waals surface area contributed by atoms with Crippen molar-refractivity contribution < 1.29 is 32.2 Å². The molecule has 0 saturated heterocycles. The Hall–Kier alpha value is -2.70. The van der Waals surface area contributed by atoms with Crippen molar-refractivity contribution >= 4 is 5.97 Å². The van der Waals surface area contributed by atoms with Crippen molar-refractivity contribution in [3.05, 3.63) is 54.1 Å². The molecule has 2 aromatic carbocycles. The molecule has 0 fully saturated rings. The Morgan fingerprint density at radius 1 is 0.889 bits per heavy atom. The molecule has 0 amide bonds. The van der Waals surface area contributed by atoms with E-state index in [0.717, 1.165) is 12.1 Å². The Morgan fingerprint density at radius 2 is 1.37 bits per heavy atom. The fourth-order valence-electron chi connectivity index (χ4n) is 2.25. The van der Waals surface area contributed by atoms with E-state index in [2.05, 4.69) is 0 Å². The molecule has 7 heteroatoms. The number of halogens is 3. The van der Waals surface area contributed by atoms with Crippen LogP contribution >= 0.6 is 0 Å². The van der Waals surface area contributed by atoms with Crippen LogP contribution in [0.15, 0.2) is 48.5 Å². The fourth-order valence-corrected chi connectivity index (χ4v) is 2.25. The highest BCUT2D eigenvalue weighted by Crippen LogP contribution is 2.31. The largest absolute Gasteiger partial charge is 0.490 e. The first-order valence-electron chi connectivity index (χ1n) is 8.45. The molecule has 0 bridgehead atoms. The first-order valence-corrected chi connectivity index (χ1v) is 8.45. The molecular formula is C20H21F3O4. The highest BCUT2D eigenvalue weighted by atomic mass is 19.4. The first kappa shape index (κ1) is 20.6. The lowest BCUT2D eigenvalue weighted by Gasteiger charge is -2.15. The van der Waals surface area contributed by atoms with Gasteiger partial charge in [-0.1, -0.05) is 0 Å². The monoisotopic (exact) mass is 382 g/mol. The highest BCUT2D eigenvalue weighted by molar-refractivity contribution is 5.70. The molecule has 1 atom stereocenters. The number of carbonyl (C=O) groups is 1. The molecule has 0 aliphatic carbocycles. The number of alkyl halides is 3. The predicted octanol–water partition coefficient (Wildman–Crippen LogP) is 5.61. The number of rotatable bonds is 7. The highest BCUT2D eigenvalue weighted by Gasteiger charge is 2.30. The van der Waals surface area contributed by atoms with Crippen LogP contribution in [0.1, 0.15) is 32.8 Å². The van der Waals surface area contributed by atoms with Crippen molar-refractivity contribution in [2.45, 2.75) is 45.6 Å². The number of carbonyl (C=O) groups excluding carboxylic acids is 1. The van der Waals surface area contributed by atoms with Crippen molar-refractivity contribution in [3.8, 4) is 17.2 Å². The minimum Gasteiger partial charge on any atom is -0.490 e. The molecule has 0 spiro atoms. The molecule has 0 radical (unpaired) electrons. The van der Waals surface area contributed by atoms with Crippen LogP contribution in [0.4, 0.5) is 13.2 Å². The summed E-state index contributed by atoms with van der Waals surface area (Å²) in [6.45, 7) is 5.31. The summed E-state index contributed by atoms with van der Waals surface area (Å²) in [5, 5.41) is 0. The lowest BCUT2D eigenvalue weighted by atomic mass is 10.2. The van der Waals surface area contributed by atoms with Gasteiger partial charge in [-0.15, -0.1) is 0 Å². The summed E-state index contributed by atoms with van der Waals surface area (Å²) in [7, 11) is 0. The maximum Gasteiger partial charge on any atom is 0.416 e. The van der Waals surface area contributed by atoms with Crippen molar-refractivity contribution in [2.24, 2.45) is 0 Å². The smallest absolute Gasteiger partial charge is 0.416 e. The lowest BCUT2D eigenvalue weighted by molar-refractivity contribution is -0.149. The summed E-state index contributed by atoms with van der Waals surface area (Å²) in [5.74, 6) is 0.954. The summed E-state index contributed by atoms with van der Waals surface area (Å²) in [6, 6.07) is 11.0. The van der Waals surface area contributed by atoms with Crippen LogP contribution in [-0.4, -0.2) is 18.2 Å². The van der Waals surface area contributed by atoms with Gasteiger partial charge in [0.05, 0.1) is 18.1 Å².